The minimum absolute atomic E-state index is 0.163. The fourth-order valence-corrected chi connectivity index (χ4v) is 5.63. The highest BCUT2D eigenvalue weighted by atomic mass is 19.2. The van der Waals surface area contributed by atoms with Gasteiger partial charge < -0.3 is 4.74 Å². The molecule has 2 saturated carbocycles. The maximum atomic E-state index is 15.3. The van der Waals surface area contributed by atoms with Crippen molar-refractivity contribution in [2.75, 3.05) is 6.61 Å². The molecule has 0 N–H and O–H groups in total. The van der Waals surface area contributed by atoms with Gasteiger partial charge in [-0.25, -0.2) is 13.2 Å². The van der Waals surface area contributed by atoms with Gasteiger partial charge in [-0.15, -0.1) is 0 Å². The summed E-state index contributed by atoms with van der Waals surface area (Å²) >= 11 is 0. The van der Waals surface area contributed by atoms with Crippen LogP contribution in [0.15, 0.2) is 23.8 Å². The summed E-state index contributed by atoms with van der Waals surface area (Å²) in [6.45, 7) is 3.52. The standard InChI is InChI=1S/C23H28F4O/c1-14-3-6-16(7-4-14)23-11-9-22(10-12-23,20(26)21(23)27)13-28-17-8-5-15(2)18(24)19(17)25/h5,8,14,16H,3-4,6-7,9-13H2,1-2H3. The van der Waals surface area contributed by atoms with Crippen molar-refractivity contribution in [1.82, 2.24) is 0 Å². The molecule has 4 aliphatic rings. The number of rotatable bonds is 4. The van der Waals surface area contributed by atoms with Crippen molar-refractivity contribution in [3.05, 3.63) is 41.0 Å². The third-order valence-corrected chi connectivity index (χ3v) is 7.74. The van der Waals surface area contributed by atoms with Crippen molar-refractivity contribution < 1.29 is 22.3 Å². The normalized spacial score (nSPS) is 35.4. The van der Waals surface area contributed by atoms with Gasteiger partial charge in [-0.1, -0.05) is 25.8 Å². The van der Waals surface area contributed by atoms with Crippen LogP contribution in [0, 0.1) is 41.2 Å². The number of hydrogen-bond acceptors (Lipinski definition) is 1. The van der Waals surface area contributed by atoms with Gasteiger partial charge in [-0.3, -0.25) is 0 Å². The largest absolute Gasteiger partial charge is 0.489 e. The van der Waals surface area contributed by atoms with Crippen LogP contribution in [0.25, 0.3) is 0 Å². The average molecular weight is 396 g/mol. The van der Waals surface area contributed by atoms with Crippen molar-refractivity contribution >= 4 is 0 Å². The molecule has 5 rings (SSSR count). The van der Waals surface area contributed by atoms with E-state index in [0.717, 1.165) is 25.7 Å². The Bertz CT molecular complexity index is 784. The SMILES string of the molecule is Cc1ccc(OCC23CCC(C4CCC(C)CC4)(CC2)C(F)=C3F)c(F)c1F. The summed E-state index contributed by atoms with van der Waals surface area (Å²) in [5, 5.41) is 0. The average Bonchev–Trinajstić information content (AvgIpc) is 2.70. The van der Waals surface area contributed by atoms with Gasteiger partial charge >= 0.3 is 0 Å². The van der Waals surface area contributed by atoms with E-state index in [1.54, 1.807) is 0 Å². The number of aryl methyl sites for hydroxylation is 1. The number of hydrogen-bond donors (Lipinski definition) is 0. The fourth-order valence-electron chi connectivity index (χ4n) is 5.63. The molecule has 2 fully saturated rings. The lowest BCUT2D eigenvalue weighted by molar-refractivity contribution is -0.0309. The lowest BCUT2D eigenvalue weighted by Crippen LogP contribution is -2.49. The molecule has 0 spiro atoms. The monoisotopic (exact) mass is 396 g/mol. The third-order valence-electron chi connectivity index (χ3n) is 7.74. The second-order valence-electron chi connectivity index (χ2n) is 9.32. The zero-order valence-corrected chi connectivity index (χ0v) is 16.6. The van der Waals surface area contributed by atoms with E-state index in [2.05, 4.69) is 6.92 Å². The fraction of sp³-hybridized carbons (Fsp3) is 0.652. The molecule has 0 heterocycles. The van der Waals surface area contributed by atoms with E-state index in [1.807, 2.05) is 0 Å². The Balaban J connectivity index is 1.55. The highest BCUT2D eigenvalue weighted by Gasteiger charge is 2.58. The summed E-state index contributed by atoms with van der Waals surface area (Å²) in [5.74, 6) is -2.71. The summed E-state index contributed by atoms with van der Waals surface area (Å²) in [4.78, 5) is 0. The molecule has 5 heteroatoms. The minimum Gasteiger partial charge on any atom is -0.489 e. The van der Waals surface area contributed by atoms with Crippen LogP contribution >= 0.6 is 0 Å². The van der Waals surface area contributed by atoms with Gasteiger partial charge in [-0.05, 0) is 68.9 Å². The molecule has 1 aromatic carbocycles. The number of fused-ring (bicyclic) bond motifs is 2. The molecular weight excluding hydrogens is 368 g/mol. The topological polar surface area (TPSA) is 9.23 Å². The Morgan fingerprint density at radius 2 is 1.54 bits per heavy atom. The molecule has 0 radical (unpaired) electrons. The second kappa shape index (κ2) is 7.07. The van der Waals surface area contributed by atoms with Gasteiger partial charge in [0.15, 0.2) is 11.6 Å². The maximum absolute atomic E-state index is 15.3. The smallest absolute Gasteiger partial charge is 0.200 e. The van der Waals surface area contributed by atoms with Gasteiger partial charge in [0.1, 0.15) is 18.3 Å². The highest BCUT2D eigenvalue weighted by Crippen LogP contribution is 2.65. The first-order chi connectivity index (χ1) is 13.3. The van der Waals surface area contributed by atoms with Crippen molar-refractivity contribution in [3.8, 4) is 5.75 Å². The molecule has 4 aliphatic carbocycles. The summed E-state index contributed by atoms with van der Waals surface area (Å²) < 4.78 is 63.8. The number of halogens is 4. The van der Waals surface area contributed by atoms with Crippen LogP contribution in [0.3, 0.4) is 0 Å². The molecule has 0 aliphatic heterocycles. The quantitative estimate of drug-likeness (QED) is 0.489. The summed E-state index contributed by atoms with van der Waals surface area (Å²) in [6.07, 6.45) is 6.28. The number of allylic oxidation sites excluding steroid dienone is 1. The van der Waals surface area contributed by atoms with Crippen molar-refractivity contribution in [1.29, 1.82) is 0 Å². The van der Waals surface area contributed by atoms with E-state index >= 15 is 8.78 Å². The Morgan fingerprint density at radius 1 is 0.893 bits per heavy atom. The van der Waals surface area contributed by atoms with E-state index in [9.17, 15) is 8.78 Å². The van der Waals surface area contributed by atoms with E-state index in [-0.39, 0.29) is 23.8 Å². The first-order valence-corrected chi connectivity index (χ1v) is 10.4. The van der Waals surface area contributed by atoms with Gasteiger partial charge in [0.25, 0.3) is 0 Å². The maximum Gasteiger partial charge on any atom is 0.200 e. The molecule has 0 saturated heterocycles. The first-order valence-electron chi connectivity index (χ1n) is 10.4. The van der Waals surface area contributed by atoms with Crippen molar-refractivity contribution in [3.63, 3.8) is 0 Å². The summed E-state index contributed by atoms with van der Waals surface area (Å²) in [6, 6.07) is 2.77. The predicted molar refractivity (Wildman–Crippen MR) is 100 cm³/mol. The summed E-state index contributed by atoms with van der Waals surface area (Å²) in [5.41, 5.74) is -1.53. The van der Waals surface area contributed by atoms with Crippen LogP contribution in [-0.2, 0) is 0 Å². The van der Waals surface area contributed by atoms with Gasteiger partial charge in [0.2, 0.25) is 5.82 Å². The molecule has 154 valence electrons. The molecule has 0 aromatic heterocycles. The minimum atomic E-state index is -1.07. The molecule has 1 nitrogen and oxygen atoms in total. The van der Waals surface area contributed by atoms with E-state index < -0.39 is 34.1 Å². The highest BCUT2D eigenvalue weighted by molar-refractivity contribution is 5.32. The first kappa shape index (κ1) is 19.8. The van der Waals surface area contributed by atoms with Crippen LogP contribution in [0.1, 0.15) is 63.9 Å². The van der Waals surface area contributed by atoms with Gasteiger partial charge in [-0.2, -0.15) is 4.39 Å². The summed E-state index contributed by atoms with van der Waals surface area (Å²) in [7, 11) is 0. The predicted octanol–water partition coefficient (Wildman–Crippen LogP) is 7.19. The van der Waals surface area contributed by atoms with Crippen molar-refractivity contribution in [2.45, 2.75) is 65.2 Å². The molecule has 2 bridgehead atoms. The van der Waals surface area contributed by atoms with Crippen LogP contribution in [0.5, 0.6) is 5.75 Å². The van der Waals surface area contributed by atoms with E-state index in [4.69, 9.17) is 4.74 Å². The van der Waals surface area contributed by atoms with Crippen LogP contribution in [-0.4, -0.2) is 6.61 Å². The van der Waals surface area contributed by atoms with Gasteiger partial charge in [0, 0.05) is 5.41 Å². The Labute approximate surface area is 164 Å². The molecule has 0 unspecified atom stereocenters. The molecular formula is C23H28F4O. The zero-order chi connectivity index (χ0) is 20.1. The van der Waals surface area contributed by atoms with E-state index in [0.29, 0.717) is 31.6 Å². The number of ether oxygens (including phenoxy) is 1. The third kappa shape index (κ3) is 2.96. The Morgan fingerprint density at radius 3 is 2.18 bits per heavy atom. The Kier molecular flexibility index (Phi) is 4.99. The molecule has 1 aromatic rings. The lowest BCUT2D eigenvalue weighted by Gasteiger charge is -2.54. The molecule has 28 heavy (non-hydrogen) atoms. The van der Waals surface area contributed by atoms with Crippen LogP contribution in [0.2, 0.25) is 0 Å². The van der Waals surface area contributed by atoms with Crippen LogP contribution < -0.4 is 4.74 Å². The van der Waals surface area contributed by atoms with Crippen LogP contribution in [0.4, 0.5) is 17.6 Å². The van der Waals surface area contributed by atoms with Crippen molar-refractivity contribution in [2.24, 2.45) is 22.7 Å². The zero-order valence-electron chi connectivity index (χ0n) is 16.6. The van der Waals surface area contributed by atoms with Gasteiger partial charge in [0.05, 0.1) is 5.41 Å². The second-order valence-corrected chi connectivity index (χ2v) is 9.32. The molecule has 0 amide bonds. The Hall–Kier alpha value is -1.52. The van der Waals surface area contributed by atoms with E-state index in [1.165, 1.54) is 19.1 Å². The number of benzene rings is 1. The lowest BCUT2D eigenvalue weighted by atomic mass is 9.51. The molecule has 0 atom stereocenters.